The molecule has 2 aliphatic rings. The first kappa shape index (κ1) is 15.1. The van der Waals surface area contributed by atoms with Crippen LogP contribution in [0.4, 0.5) is 5.82 Å². The molecule has 0 unspecified atom stereocenters. The van der Waals surface area contributed by atoms with Crippen LogP contribution in [0.2, 0.25) is 0 Å². The van der Waals surface area contributed by atoms with Crippen molar-refractivity contribution in [2.45, 2.75) is 51.4 Å². The molecule has 6 nitrogen and oxygen atoms in total. The molecule has 0 bridgehead atoms. The molecule has 4 rings (SSSR count). The second kappa shape index (κ2) is 6.23. The van der Waals surface area contributed by atoms with Gasteiger partial charge in [0.05, 0.1) is 11.5 Å². The van der Waals surface area contributed by atoms with E-state index < -0.39 is 0 Å². The molecule has 1 saturated heterocycles. The Labute approximate surface area is 141 Å². The molecule has 2 aromatic heterocycles. The van der Waals surface area contributed by atoms with Crippen LogP contribution in [0.5, 0.6) is 0 Å². The fraction of sp³-hybridized carbons (Fsp3) is 0.556. The third-order valence-corrected chi connectivity index (χ3v) is 5.01. The number of aromatic nitrogens is 3. The van der Waals surface area contributed by atoms with Gasteiger partial charge in [0.2, 0.25) is 5.89 Å². The number of hydrogen-bond acceptors (Lipinski definition) is 6. The van der Waals surface area contributed by atoms with Crippen molar-refractivity contribution in [2.24, 2.45) is 0 Å². The Bertz CT molecular complexity index is 791. The number of hydrogen-bond donors (Lipinski definition) is 0. The number of pyridine rings is 1. The van der Waals surface area contributed by atoms with E-state index in [1.54, 1.807) is 0 Å². The normalized spacial score (nSPS) is 20.5. The van der Waals surface area contributed by atoms with Gasteiger partial charge in [-0.25, -0.2) is 4.98 Å². The van der Waals surface area contributed by atoms with Crippen LogP contribution in [-0.2, 0) is 12.8 Å². The number of anilines is 1. The zero-order chi connectivity index (χ0) is 16.5. The Morgan fingerprint density at radius 2 is 2.12 bits per heavy atom. The molecule has 2 aromatic rings. The topological polar surface area (TPSA) is 78.8 Å². The molecule has 0 amide bonds. The lowest BCUT2D eigenvalue weighted by atomic mass is 9.94. The summed E-state index contributed by atoms with van der Waals surface area (Å²) in [4.78, 5) is 11.5. The van der Waals surface area contributed by atoms with Gasteiger partial charge in [-0.3, -0.25) is 0 Å². The molecule has 0 saturated carbocycles. The van der Waals surface area contributed by atoms with Gasteiger partial charge in [0.25, 0.3) is 0 Å². The minimum atomic E-state index is 0.212. The Morgan fingerprint density at radius 1 is 1.25 bits per heavy atom. The second-order valence-electron chi connectivity index (χ2n) is 6.75. The van der Waals surface area contributed by atoms with Crippen LogP contribution in [0.1, 0.15) is 60.1 Å². The van der Waals surface area contributed by atoms with E-state index in [0.717, 1.165) is 44.6 Å². The van der Waals surface area contributed by atoms with Crippen molar-refractivity contribution in [1.82, 2.24) is 15.1 Å². The zero-order valence-corrected chi connectivity index (χ0v) is 14.0. The van der Waals surface area contributed by atoms with Crippen molar-refractivity contribution >= 4 is 5.82 Å². The third-order valence-electron chi connectivity index (χ3n) is 5.01. The lowest BCUT2D eigenvalue weighted by Crippen LogP contribution is -2.36. The van der Waals surface area contributed by atoms with Gasteiger partial charge in [-0.2, -0.15) is 10.2 Å². The van der Waals surface area contributed by atoms with Crippen LogP contribution in [0, 0.1) is 18.3 Å². The number of nitrogens with zero attached hydrogens (tertiary/aromatic N) is 5. The predicted molar refractivity (Wildman–Crippen MR) is 88.8 cm³/mol. The maximum absolute atomic E-state index is 9.58. The molecule has 1 aliphatic carbocycles. The van der Waals surface area contributed by atoms with Crippen molar-refractivity contribution in [1.29, 1.82) is 5.26 Å². The van der Waals surface area contributed by atoms with Crippen molar-refractivity contribution in [3.63, 3.8) is 0 Å². The maximum atomic E-state index is 9.58. The van der Waals surface area contributed by atoms with Gasteiger partial charge >= 0.3 is 0 Å². The van der Waals surface area contributed by atoms with Gasteiger partial charge < -0.3 is 9.42 Å². The van der Waals surface area contributed by atoms with Gasteiger partial charge in [0.1, 0.15) is 11.9 Å². The molecule has 0 aromatic carbocycles. The molecule has 1 fully saturated rings. The Kier molecular flexibility index (Phi) is 3.93. The van der Waals surface area contributed by atoms with Crippen molar-refractivity contribution in [2.75, 3.05) is 18.0 Å². The number of rotatable bonds is 2. The predicted octanol–water partition coefficient (Wildman–Crippen LogP) is 2.91. The molecule has 6 heteroatoms. The van der Waals surface area contributed by atoms with E-state index in [1.807, 2.05) is 6.92 Å². The van der Waals surface area contributed by atoms with Crippen LogP contribution >= 0.6 is 0 Å². The number of aryl methyl sites for hydroxylation is 3. The number of piperidine rings is 1. The van der Waals surface area contributed by atoms with Gasteiger partial charge in [0.15, 0.2) is 5.82 Å². The SMILES string of the molecule is Cc1noc([C@H]2CCCN(c3nc4c(cc3C#N)CCCC4)C2)n1. The van der Waals surface area contributed by atoms with Gasteiger partial charge in [0, 0.05) is 18.8 Å². The van der Waals surface area contributed by atoms with Gasteiger partial charge in [-0.15, -0.1) is 0 Å². The fourth-order valence-electron chi connectivity index (χ4n) is 3.80. The lowest BCUT2D eigenvalue weighted by molar-refractivity contribution is 0.331. The molecule has 0 spiro atoms. The smallest absolute Gasteiger partial charge is 0.231 e. The molecule has 1 atom stereocenters. The Balaban J connectivity index is 1.64. The van der Waals surface area contributed by atoms with Crippen LogP contribution in [0.3, 0.4) is 0 Å². The van der Waals surface area contributed by atoms with Crippen LogP contribution in [0.25, 0.3) is 0 Å². The van der Waals surface area contributed by atoms with Crippen LogP contribution < -0.4 is 4.90 Å². The van der Waals surface area contributed by atoms with Crippen LogP contribution in [-0.4, -0.2) is 28.2 Å². The zero-order valence-electron chi connectivity index (χ0n) is 14.0. The summed E-state index contributed by atoms with van der Waals surface area (Å²) in [6.07, 6.45) is 6.52. The molecule has 3 heterocycles. The number of fused-ring (bicyclic) bond motifs is 1. The van der Waals surface area contributed by atoms with E-state index in [0.29, 0.717) is 17.3 Å². The minimum Gasteiger partial charge on any atom is -0.355 e. The van der Waals surface area contributed by atoms with Crippen molar-refractivity contribution < 1.29 is 4.52 Å². The molecule has 24 heavy (non-hydrogen) atoms. The first-order valence-corrected chi connectivity index (χ1v) is 8.72. The van der Waals surface area contributed by atoms with Crippen LogP contribution in [0.15, 0.2) is 10.6 Å². The fourth-order valence-corrected chi connectivity index (χ4v) is 3.80. The Hall–Kier alpha value is -2.42. The van der Waals surface area contributed by atoms with Crippen molar-refractivity contribution in [3.8, 4) is 6.07 Å². The summed E-state index contributed by atoms with van der Waals surface area (Å²) in [6, 6.07) is 4.40. The minimum absolute atomic E-state index is 0.212. The summed E-state index contributed by atoms with van der Waals surface area (Å²) in [5.41, 5.74) is 3.12. The third kappa shape index (κ3) is 2.75. The largest absolute Gasteiger partial charge is 0.355 e. The summed E-state index contributed by atoms with van der Waals surface area (Å²) in [6.45, 7) is 3.54. The maximum Gasteiger partial charge on any atom is 0.231 e. The first-order chi connectivity index (χ1) is 11.7. The molecular formula is C18H21N5O. The second-order valence-corrected chi connectivity index (χ2v) is 6.75. The summed E-state index contributed by atoms with van der Waals surface area (Å²) in [7, 11) is 0. The van der Waals surface area contributed by atoms with E-state index in [1.165, 1.54) is 24.1 Å². The summed E-state index contributed by atoms with van der Waals surface area (Å²) in [5, 5.41) is 13.5. The monoisotopic (exact) mass is 323 g/mol. The highest BCUT2D eigenvalue weighted by Crippen LogP contribution is 2.32. The standard InChI is InChI=1S/C18H21N5O/c1-12-20-18(24-22-12)14-6-4-8-23(11-14)17-15(10-19)9-13-5-2-3-7-16(13)21-17/h9,14H,2-8,11H2,1H3/t14-/m0/s1. The molecule has 0 radical (unpaired) electrons. The highest BCUT2D eigenvalue weighted by molar-refractivity contribution is 5.57. The number of nitriles is 1. The lowest BCUT2D eigenvalue weighted by Gasteiger charge is -2.33. The average molecular weight is 323 g/mol. The summed E-state index contributed by atoms with van der Waals surface area (Å²) in [5.74, 6) is 2.42. The van der Waals surface area contributed by atoms with Gasteiger partial charge in [-0.05, 0) is 57.1 Å². The quantitative estimate of drug-likeness (QED) is 0.845. The molecule has 124 valence electrons. The molecular weight excluding hydrogens is 302 g/mol. The van der Waals surface area contributed by atoms with E-state index in [9.17, 15) is 5.26 Å². The highest BCUT2D eigenvalue weighted by Gasteiger charge is 2.28. The average Bonchev–Trinajstić information content (AvgIpc) is 3.07. The van der Waals surface area contributed by atoms with E-state index in [4.69, 9.17) is 9.51 Å². The van der Waals surface area contributed by atoms with E-state index >= 15 is 0 Å². The molecule has 1 aliphatic heterocycles. The van der Waals surface area contributed by atoms with E-state index in [-0.39, 0.29) is 5.92 Å². The highest BCUT2D eigenvalue weighted by atomic mass is 16.5. The first-order valence-electron chi connectivity index (χ1n) is 8.72. The van der Waals surface area contributed by atoms with Crippen molar-refractivity contribution in [3.05, 3.63) is 34.6 Å². The Morgan fingerprint density at radius 3 is 2.92 bits per heavy atom. The van der Waals surface area contributed by atoms with E-state index in [2.05, 4.69) is 27.2 Å². The summed E-state index contributed by atoms with van der Waals surface area (Å²) >= 11 is 0. The summed E-state index contributed by atoms with van der Waals surface area (Å²) < 4.78 is 5.36. The molecule has 0 N–H and O–H groups in total. The van der Waals surface area contributed by atoms with Gasteiger partial charge in [-0.1, -0.05) is 5.16 Å².